The summed E-state index contributed by atoms with van der Waals surface area (Å²) in [7, 11) is 0. The maximum atomic E-state index is 11.5. The fourth-order valence-corrected chi connectivity index (χ4v) is 1.66. The summed E-state index contributed by atoms with van der Waals surface area (Å²) in [6.07, 6.45) is 3.99. The van der Waals surface area contributed by atoms with Crippen molar-refractivity contribution in [3.05, 3.63) is 12.2 Å². The minimum absolute atomic E-state index is 0.145. The number of carboxylic acids is 1. The Kier molecular flexibility index (Phi) is 3.70. The van der Waals surface area contributed by atoms with Gasteiger partial charge in [0.15, 0.2) is 0 Å². The Morgan fingerprint density at radius 1 is 1.50 bits per heavy atom. The van der Waals surface area contributed by atoms with Gasteiger partial charge >= 0.3 is 5.97 Å². The number of amides is 1. The van der Waals surface area contributed by atoms with Gasteiger partial charge in [-0.25, -0.2) is 0 Å². The van der Waals surface area contributed by atoms with E-state index in [1.807, 2.05) is 0 Å². The van der Waals surface area contributed by atoms with Crippen LogP contribution in [0.5, 0.6) is 0 Å². The van der Waals surface area contributed by atoms with Crippen LogP contribution in [-0.2, 0) is 9.59 Å². The van der Waals surface area contributed by atoms with Crippen LogP contribution in [0.15, 0.2) is 12.2 Å². The molecule has 0 saturated heterocycles. The molecule has 0 fully saturated rings. The Labute approximate surface area is 94.7 Å². The molecule has 16 heavy (non-hydrogen) atoms. The predicted octanol–water partition coefficient (Wildman–Crippen LogP) is 0.259. The fourth-order valence-electron chi connectivity index (χ4n) is 1.66. The summed E-state index contributed by atoms with van der Waals surface area (Å²) in [5.41, 5.74) is 5.17. The van der Waals surface area contributed by atoms with Crippen LogP contribution in [0.2, 0.25) is 0 Å². The molecule has 0 aromatic heterocycles. The number of nitrogens with one attached hydrogen (secondary N) is 1. The lowest BCUT2D eigenvalue weighted by Gasteiger charge is -2.19. The SMILES string of the molecule is CC(C)(N)CC(=O)NC1C=CC(C(=O)O)C1. The highest BCUT2D eigenvalue weighted by molar-refractivity contribution is 5.78. The monoisotopic (exact) mass is 226 g/mol. The molecule has 2 unspecified atom stereocenters. The molecule has 2 atom stereocenters. The van der Waals surface area contributed by atoms with E-state index in [1.54, 1.807) is 26.0 Å². The summed E-state index contributed by atoms with van der Waals surface area (Å²) < 4.78 is 0. The van der Waals surface area contributed by atoms with Crippen molar-refractivity contribution >= 4 is 11.9 Å². The predicted molar refractivity (Wildman–Crippen MR) is 59.7 cm³/mol. The van der Waals surface area contributed by atoms with Gasteiger partial charge in [-0.3, -0.25) is 9.59 Å². The normalized spacial score (nSPS) is 24.4. The number of carbonyl (C=O) groups is 2. The van der Waals surface area contributed by atoms with Gasteiger partial charge in [0.1, 0.15) is 0 Å². The van der Waals surface area contributed by atoms with E-state index in [1.165, 1.54) is 0 Å². The van der Waals surface area contributed by atoms with E-state index in [2.05, 4.69) is 5.32 Å². The van der Waals surface area contributed by atoms with E-state index >= 15 is 0 Å². The lowest BCUT2D eigenvalue weighted by molar-refractivity contribution is -0.140. The summed E-state index contributed by atoms with van der Waals surface area (Å²) in [6.45, 7) is 3.55. The molecule has 90 valence electrons. The molecule has 4 N–H and O–H groups in total. The molecule has 0 aromatic carbocycles. The maximum absolute atomic E-state index is 11.5. The highest BCUT2D eigenvalue weighted by Crippen LogP contribution is 2.18. The van der Waals surface area contributed by atoms with E-state index in [4.69, 9.17) is 10.8 Å². The maximum Gasteiger partial charge on any atom is 0.310 e. The number of hydrogen-bond donors (Lipinski definition) is 3. The summed E-state index contributed by atoms with van der Waals surface area (Å²) in [6, 6.07) is -0.184. The first-order chi connectivity index (χ1) is 7.28. The first-order valence-electron chi connectivity index (χ1n) is 5.27. The number of rotatable bonds is 4. The van der Waals surface area contributed by atoms with Crippen LogP contribution in [-0.4, -0.2) is 28.6 Å². The molecule has 0 bridgehead atoms. The third kappa shape index (κ3) is 4.02. The molecule has 0 spiro atoms. The quantitative estimate of drug-likeness (QED) is 0.599. The van der Waals surface area contributed by atoms with Gasteiger partial charge in [0.25, 0.3) is 0 Å². The molecular weight excluding hydrogens is 208 g/mol. The average molecular weight is 226 g/mol. The van der Waals surface area contributed by atoms with Crippen molar-refractivity contribution in [2.24, 2.45) is 11.7 Å². The Morgan fingerprint density at radius 2 is 2.12 bits per heavy atom. The third-order valence-electron chi connectivity index (χ3n) is 2.36. The number of nitrogens with two attached hydrogens (primary N) is 1. The second-order valence-electron chi connectivity index (χ2n) is 4.90. The summed E-state index contributed by atoms with van der Waals surface area (Å²) >= 11 is 0. The fraction of sp³-hybridized carbons (Fsp3) is 0.636. The molecule has 0 aliphatic heterocycles. The van der Waals surface area contributed by atoms with Crippen molar-refractivity contribution in [1.82, 2.24) is 5.32 Å². The lowest BCUT2D eigenvalue weighted by Crippen LogP contribution is -2.41. The Balaban J connectivity index is 2.38. The van der Waals surface area contributed by atoms with Gasteiger partial charge in [0, 0.05) is 18.0 Å². The van der Waals surface area contributed by atoms with Crippen molar-refractivity contribution in [2.75, 3.05) is 0 Å². The van der Waals surface area contributed by atoms with Crippen molar-refractivity contribution < 1.29 is 14.7 Å². The Bertz CT molecular complexity index is 318. The highest BCUT2D eigenvalue weighted by Gasteiger charge is 2.26. The highest BCUT2D eigenvalue weighted by atomic mass is 16.4. The lowest BCUT2D eigenvalue weighted by atomic mass is 10.0. The van der Waals surface area contributed by atoms with Crippen LogP contribution < -0.4 is 11.1 Å². The van der Waals surface area contributed by atoms with E-state index in [0.717, 1.165) is 0 Å². The number of carboxylic acid groups (broad SMARTS) is 1. The van der Waals surface area contributed by atoms with Crippen LogP contribution in [0.4, 0.5) is 0 Å². The molecule has 0 saturated carbocycles. The summed E-state index contributed by atoms with van der Waals surface area (Å²) in [5, 5.41) is 11.5. The van der Waals surface area contributed by atoms with Gasteiger partial charge in [-0.1, -0.05) is 12.2 Å². The second kappa shape index (κ2) is 4.65. The van der Waals surface area contributed by atoms with E-state index in [9.17, 15) is 9.59 Å². The van der Waals surface area contributed by atoms with Crippen LogP contribution in [0, 0.1) is 5.92 Å². The number of aliphatic carboxylic acids is 1. The molecular formula is C11H18N2O3. The number of carbonyl (C=O) groups excluding carboxylic acids is 1. The van der Waals surface area contributed by atoms with E-state index in [0.29, 0.717) is 6.42 Å². The van der Waals surface area contributed by atoms with Crippen LogP contribution in [0.25, 0.3) is 0 Å². The van der Waals surface area contributed by atoms with Crippen LogP contribution in [0.3, 0.4) is 0 Å². The van der Waals surface area contributed by atoms with Crippen LogP contribution >= 0.6 is 0 Å². The first-order valence-corrected chi connectivity index (χ1v) is 5.27. The van der Waals surface area contributed by atoms with Crippen LogP contribution in [0.1, 0.15) is 26.7 Å². The Hall–Kier alpha value is -1.36. The molecule has 5 heteroatoms. The van der Waals surface area contributed by atoms with Gasteiger partial charge in [-0.05, 0) is 20.3 Å². The van der Waals surface area contributed by atoms with Gasteiger partial charge in [0.05, 0.1) is 5.92 Å². The molecule has 1 aliphatic rings. The summed E-state index contributed by atoms with van der Waals surface area (Å²) in [5.74, 6) is -1.49. The molecule has 1 rings (SSSR count). The van der Waals surface area contributed by atoms with E-state index < -0.39 is 17.4 Å². The Morgan fingerprint density at radius 3 is 2.56 bits per heavy atom. The van der Waals surface area contributed by atoms with Gasteiger partial charge < -0.3 is 16.2 Å². The minimum atomic E-state index is -0.854. The first kappa shape index (κ1) is 12.7. The zero-order chi connectivity index (χ0) is 12.3. The van der Waals surface area contributed by atoms with E-state index in [-0.39, 0.29) is 18.4 Å². The molecule has 0 aromatic rings. The van der Waals surface area contributed by atoms with Crippen molar-refractivity contribution in [1.29, 1.82) is 0 Å². The van der Waals surface area contributed by atoms with Gasteiger partial charge in [-0.15, -0.1) is 0 Å². The molecule has 1 amide bonds. The zero-order valence-corrected chi connectivity index (χ0v) is 9.56. The second-order valence-corrected chi connectivity index (χ2v) is 4.90. The average Bonchev–Trinajstić information content (AvgIpc) is 2.48. The largest absolute Gasteiger partial charge is 0.481 e. The minimum Gasteiger partial charge on any atom is -0.481 e. The molecule has 1 aliphatic carbocycles. The summed E-state index contributed by atoms with van der Waals surface area (Å²) in [4.78, 5) is 22.2. The number of hydrogen-bond acceptors (Lipinski definition) is 3. The topological polar surface area (TPSA) is 92.4 Å². The van der Waals surface area contributed by atoms with Crippen molar-refractivity contribution in [3.8, 4) is 0 Å². The standard InChI is InChI=1S/C11H18N2O3/c1-11(2,12)6-9(14)13-8-4-3-7(5-8)10(15)16/h3-4,7-8H,5-6,12H2,1-2H3,(H,13,14)(H,15,16). The molecule has 5 nitrogen and oxygen atoms in total. The third-order valence-corrected chi connectivity index (χ3v) is 2.36. The molecule has 0 radical (unpaired) electrons. The van der Waals surface area contributed by atoms with Crippen molar-refractivity contribution in [2.45, 2.75) is 38.3 Å². The smallest absolute Gasteiger partial charge is 0.310 e. The van der Waals surface area contributed by atoms with Gasteiger partial charge in [0.2, 0.25) is 5.91 Å². The van der Waals surface area contributed by atoms with Crippen molar-refractivity contribution in [3.63, 3.8) is 0 Å². The molecule has 0 heterocycles. The van der Waals surface area contributed by atoms with Gasteiger partial charge in [-0.2, -0.15) is 0 Å². The zero-order valence-electron chi connectivity index (χ0n) is 9.56.